The van der Waals surface area contributed by atoms with Crippen LogP contribution in [-0.2, 0) is 6.54 Å². The maximum Gasteiger partial charge on any atom is 0.322 e. The number of hydrogen-bond acceptors (Lipinski definition) is 4. The van der Waals surface area contributed by atoms with Crippen molar-refractivity contribution < 1.29 is 13.7 Å². The van der Waals surface area contributed by atoms with Gasteiger partial charge in [-0.25, -0.2) is 9.18 Å². The van der Waals surface area contributed by atoms with Crippen molar-refractivity contribution in [1.29, 1.82) is 0 Å². The minimum atomic E-state index is -0.559. The Labute approximate surface area is 207 Å². The molecule has 1 aliphatic heterocycles. The largest absolute Gasteiger partial charge is 0.334 e. The number of amides is 2. The standard InChI is InChI=1S/C27H22ClFN4O2/c1-16-9-11-18(12-10-16)15-33-17(2)23(24(30-27(33)34)19-5-3-7-21(28)13-19)26-31-25(32-35-26)20-6-4-8-22(29)14-20/h3-14,24H,15H2,1-2H3,(H,30,34). The summed E-state index contributed by atoms with van der Waals surface area (Å²) in [5.74, 6) is 0.0996. The van der Waals surface area contributed by atoms with Gasteiger partial charge in [0.15, 0.2) is 0 Å². The molecule has 1 unspecified atom stereocenters. The first-order valence-electron chi connectivity index (χ1n) is 11.1. The summed E-state index contributed by atoms with van der Waals surface area (Å²) in [5.41, 5.74) is 4.72. The number of benzene rings is 3. The summed E-state index contributed by atoms with van der Waals surface area (Å²) < 4.78 is 19.4. The molecule has 0 bridgehead atoms. The lowest BCUT2D eigenvalue weighted by atomic mass is 9.94. The number of nitrogens with one attached hydrogen (secondary N) is 1. The molecule has 0 fully saturated rings. The molecule has 8 heteroatoms. The molecule has 2 heterocycles. The fourth-order valence-corrected chi connectivity index (χ4v) is 4.34. The van der Waals surface area contributed by atoms with Gasteiger partial charge in [0.05, 0.1) is 18.2 Å². The number of aromatic nitrogens is 2. The van der Waals surface area contributed by atoms with Crippen molar-refractivity contribution in [2.75, 3.05) is 0 Å². The van der Waals surface area contributed by atoms with Gasteiger partial charge in [-0.05, 0) is 49.2 Å². The second-order valence-electron chi connectivity index (χ2n) is 8.44. The molecule has 0 spiro atoms. The first-order chi connectivity index (χ1) is 16.9. The van der Waals surface area contributed by atoms with Crippen LogP contribution in [0.1, 0.15) is 35.5 Å². The van der Waals surface area contributed by atoms with E-state index in [1.54, 1.807) is 29.2 Å². The van der Waals surface area contributed by atoms with Crippen molar-refractivity contribution in [2.24, 2.45) is 0 Å². The van der Waals surface area contributed by atoms with Crippen molar-refractivity contribution in [1.82, 2.24) is 20.4 Å². The Morgan fingerprint density at radius 3 is 2.57 bits per heavy atom. The molecule has 176 valence electrons. The number of hydrogen-bond donors (Lipinski definition) is 1. The summed E-state index contributed by atoms with van der Waals surface area (Å²) in [4.78, 5) is 19.4. The Kier molecular flexibility index (Phi) is 6.09. The number of nitrogens with zero attached hydrogens (tertiary/aromatic N) is 3. The molecule has 35 heavy (non-hydrogen) atoms. The van der Waals surface area contributed by atoms with Crippen molar-refractivity contribution in [3.05, 3.63) is 112 Å². The van der Waals surface area contributed by atoms with E-state index < -0.39 is 11.9 Å². The highest BCUT2D eigenvalue weighted by atomic mass is 35.5. The Morgan fingerprint density at radius 2 is 1.83 bits per heavy atom. The molecule has 1 N–H and O–H groups in total. The highest BCUT2D eigenvalue weighted by Crippen LogP contribution is 2.38. The van der Waals surface area contributed by atoms with E-state index in [4.69, 9.17) is 16.1 Å². The Morgan fingerprint density at radius 1 is 1.06 bits per heavy atom. The molecule has 0 saturated heterocycles. The fraction of sp³-hybridized carbons (Fsp3) is 0.148. The number of halogens is 2. The summed E-state index contributed by atoms with van der Waals surface area (Å²) in [6.45, 7) is 4.24. The monoisotopic (exact) mass is 488 g/mol. The minimum Gasteiger partial charge on any atom is -0.334 e. The zero-order chi connectivity index (χ0) is 24.5. The van der Waals surface area contributed by atoms with Crippen LogP contribution >= 0.6 is 11.6 Å². The van der Waals surface area contributed by atoms with Crippen LogP contribution in [0.25, 0.3) is 17.0 Å². The first kappa shape index (κ1) is 22.8. The zero-order valence-corrected chi connectivity index (χ0v) is 19.9. The van der Waals surface area contributed by atoms with Crippen LogP contribution in [0.5, 0.6) is 0 Å². The van der Waals surface area contributed by atoms with E-state index >= 15 is 0 Å². The normalized spacial score (nSPS) is 15.9. The van der Waals surface area contributed by atoms with Crippen molar-refractivity contribution >= 4 is 23.2 Å². The maximum atomic E-state index is 13.8. The minimum absolute atomic E-state index is 0.237. The summed E-state index contributed by atoms with van der Waals surface area (Å²) in [6, 6.07) is 20.4. The lowest BCUT2D eigenvalue weighted by molar-refractivity contribution is 0.203. The maximum absolute atomic E-state index is 13.8. The molecule has 0 radical (unpaired) electrons. The smallest absolute Gasteiger partial charge is 0.322 e. The third-order valence-electron chi connectivity index (χ3n) is 5.98. The van der Waals surface area contributed by atoms with Gasteiger partial charge < -0.3 is 9.84 Å². The number of urea groups is 1. The predicted molar refractivity (Wildman–Crippen MR) is 132 cm³/mol. The van der Waals surface area contributed by atoms with E-state index in [1.165, 1.54) is 12.1 Å². The van der Waals surface area contributed by atoms with Crippen LogP contribution in [-0.4, -0.2) is 21.1 Å². The third-order valence-corrected chi connectivity index (χ3v) is 6.21. The average molecular weight is 489 g/mol. The van der Waals surface area contributed by atoms with E-state index in [2.05, 4.69) is 15.5 Å². The van der Waals surface area contributed by atoms with Crippen molar-refractivity contribution in [3.63, 3.8) is 0 Å². The highest BCUT2D eigenvalue weighted by molar-refractivity contribution is 6.30. The van der Waals surface area contributed by atoms with Crippen LogP contribution in [0.2, 0.25) is 5.02 Å². The van der Waals surface area contributed by atoms with E-state index in [0.29, 0.717) is 28.4 Å². The topological polar surface area (TPSA) is 71.3 Å². The van der Waals surface area contributed by atoms with Crippen molar-refractivity contribution in [2.45, 2.75) is 26.4 Å². The van der Waals surface area contributed by atoms with Gasteiger partial charge in [0.25, 0.3) is 5.89 Å². The number of carbonyl (C=O) groups is 1. The number of allylic oxidation sites excluding steroid dienone is 1. The molecule has 6 nitrogen and oxygen atoms in total. The quantitative estimate of drug-likeness (QED) is 0.346. The van der Waals surface area contributed by atoms with Gasteiger partial charge in [0, 0.05) is 16.3 Å². The van der Waals surface area contributed by atoms with Gasteiger partial charge in [0.2, 0.25) is 5.82 Å². The lowest BCUT2D eigenvalue weighted by Crippen LogP contribution is -2.45. The lowest BCUT2D eigenvalue weighted by Gasteiger charge is -2.35. The van der Waals surface area contributed by atoms with Crippen LogP contribution in [0, 0.1) is 12.7 Å². The van der Waals surface area contributed by atoms with Gasteiger partial charge in [-0.15, -0.1) is 0 Å². The zero-order valence-electron chi connectivity index (χ0n) is 19.1. The molecule has 0 saturated carbocycles. The van der Waals surface area contributed by atoms with Gasteiger partial charge in [0.1, 0.15) is 5.82 Å². The fourth-order valence-electron chi connectivity index (χ4n) is 4.14. The summed E-state index contributed by atoms with van der Waals surface area (Å²) in [7, 11) is 0. The molecular formula is C27H22ClFN4O2. The average Bonchev–Trinajstić information content (AvgIpc) is 3.32. The van der Waals surface area contributed by atoms with E-state index in [9.17, 15) is 9.18 Å². The second-order valence-corrected chi connectivity index (χ2v) is 8.88. The molecule has 1 atom stereocenters. The molecule has 5 rings (SSSR count). The van der Waals surface area contributed by atoms with Gasteiger partial charge >= 0.3 is 6.03 Å². The van der Waals surface area contributed by atoms with Crippen molar-refractivity contribution in [3.8, 4) is 11.4 Å². The Bertz CT molecular complexity index is 1430. The second kappa shape index (κ2) is 9.35. The first-order valence-corrected chi connectivity index (χ1v) is 11.5. The molecule has 1 aromatic heterocycles. The summed E-state index contributed by atoms with van der Waals surface area (Å²) in [5, 5.41) is 7.68. The summed E-state index contributed by atoms with van der Waals surface area (Å²) in [6.07, 6.45) is 0. The Hall–Kier alpha value is -3.97. The van der Waals surface area contributed by atoms with Gasteiger partial charge in [-0.3, -0.25) is 4.90 Å². The van der Waals surface area contributed by atoms with E-state index in [1.807, 2.05) is 50.2 Å². The molecular weight excluding hydrogens is 467 g/mol. The highest BCUT2D eigenvalue weighted by Gasteiger charge is 2.36. The van der Waals surface area contributed by atoms with Crippen LogP contribution in [0.15, 0.2) is 83.0 Å². The molecule has 2 amide bonds. The van der Waals surface area contributed by atoms with Crippen LogP contribution in [0.3, 0.4) is 0 Å². The molecule has 0 aliphatic carbocycles. The number of rotatable bonds is 5. The molecule has 4 aromatic rings. The van der Waals surface area contributed by atoms with Gasteiger partial charge in [-0.1, -0.05) is 70.9 Å². The van der Waals surface area contributed by atoms with E-state index in [0.717, 1.165) is 16.7 Å². The Balaban J connectivity index is 1.60. The predicted octanol–water partition coefficient (Wildman–Crippen LogP) is 6.54. The third kappa shape index (κ3) is 4.68. The van der Waals surface area contributed by atoms with Crippen LogP contribution < -0.4 is 5.32 Å². The molecule has 1 aliphatic rings. The molecule has 3 aromatic carbocycles. The van der Waals surface area contributed by atoms with Crippen LogP contribution in [0.4, 0.5) is 9.18 Å². The van der Waals surface area contributed by atoms with E-state index in [-0.39, 0.29) is 17.7 Å². The SMILES string of the molecule is CC1=C(c2nc(-c3cccc(F)c3)no2)C(c2cccc(Cl)c2)NC(=O)N1Cc1ccc(C)cc1. The number of aryl methyl sites for hydroxylation is 1. The number of carbonyl (C=O) groups excluding carboxylic acids is 1. The summed E-state index contributed by atoms with van der Waals surface area (Å²) >= 11 is 6.25. The van der Waals surface area contributed by atoms with Gasteiger partial charge in [-0.2, -0.15) is 4.98 Å².